The predicted molar refractivity (Wildman–Crippen MR) is 119 cm³/mol. The van der Waals surface area contributed by atoms with Crippen LogP contribution in [-0.2, 0) is 9.59 Å². The fraction of sp³-hybridized carbons (Fsp3) is 0.269. The Morgan fingerprint density at radius 3 is 1.71 bits per heavy atom. The summed E-state index contributed by atoms with van der Waals surface area (Å²) in [5, 5.41) is 0. The van der Waals surface area contributed by atoms with Gasteiger partial charge in [-0.2, -0.15) is 4.57 Å². The van der Waals surface area contributed by atoms with Crippen LogP contribution in [0.25, 0.3) is 0 Å². The first-order chi connectivity index (χ1) is 18.9. The van der Waals surface area contributed by atoms with E-state index >= 15 is 0 Å². The normalized spacial score (nSPS) is 22.6. The van der Waals surface area contributed by atoms with Crippen molar-refractivity contribution in [2.45, 2.75) is 12.0 Å². The highest BCUT2D eigenvalue weighted by Crippen LogP contribution is 2.55. The number of nitrogens with zero attached hydrogens (tertiary/aromatic N) is 3. The number of hydrogen-bond donors (Lipinski definition) is 0. The zero-order valence-electron chi connectivity index (χ0n) is 21.9. The van der Waals surface area contributed by atoms with Crippen molar-refractivity contribution in [3.63, 3.8) is 0 Å². The Bertz CT molecular complexity index is 1310. The molecule has 4 aliphatic rings. The smallest absolute Gasteiger partial charge is 0.244 e. The van der Waals surface area contributed by atoms with E-state index in [1.165, 1.54) is 16.0 Å². The molecule has 2 amide bonds. The topological polar surface area (TPSA) is 226 Å². The number of quaternary nitrogens is 1. The fourth-order valence-corrected chi connectivity index (χ4v) is 5.80. The maximum absolute atomic E-state index is 13.7. The van der Waals surface area contributed by atoms with Crippen LogP contribution in [0.3, 0.4) is 0 Å². The lowest BCUT2D eigenvalue weighted by Crippen LogP contribution is -2.68. The van der Waals surface area contributed by atoms with Crippen molar-refractivity contribution in [2.75, 3.05) is 26.0 Å². The number of aromatic nitrogens is 1. The maximum atomic E-state index is 13.7. The Kier molecular flexibility index (Phi) is 8.27. The van der Waals surface area contributed by atoms with Gasteiger partial charge in [0.05, 0.1) is 38.7 Å². The highest BCUT2D eigenvalue weighted by atomic mass is 35.7. The Morgan fingerprint density at radius 1 is 0.683 bits per heavy atom. The fourth-order valence-electron chi connectivity index (χ4n) is 5.80. The summed E-state index contributed by atoms with van der Waals surface area (Å²) >= 11 is 0. The van der Waals surface area contributed by atoms with E-state index in [1.54, 1.807) is 0 Å². The molecule has 4 unspecified atom stereocenters. The van der Waals surface area contributed by atoms with Crippen LogP contribution in [0.1, 0.15) is 28.8 Å². The first kappa shape index (κ1) is 30.9. The Hall–Kier alpha value is -3.05. The highest BCUT2D eigenvalue weighted by Gasteiger charge is 2.66. The summed E-state index contributed by atoms with van der Waals surface area (Å²) in [5.74, 6) is -0.982. The minimum Gasteiger partial charge on any atom is -0.298 e. The lowest BCUT2D eigenvalue weighted by atomic mass is 9.63. The molecule has 0 radical (unpaired) electrons. The minimum atomic E-state index is -4.94. The van der Waals surface area contributed by atoms with Gasteiger partial charge in [-0.1, -0.05) is 30.3 Å². The van der Waals surface area contributed by atoms with Crippen LogP contribution in [-0.4, -0.2) is 33.0 Å². The summed E-state index contributed by atoms with van der Waals surface area (Å²) < 4.78 is 70.8. The number of halogens is 2. The molecule has 2 bridgehead atoms. The largest absolute Gasteiger partial charge is 0.298 e. The van der Waals surface area contributed by atoms with Crippen molar-refractivity contribution < 1.29 is 71.9 Å². The van der Waals surface area contributed by atoms with Gasteiger partial charge in [-0.25, -0.2) is 42.2 Å². The number of pyridine rings is 1. The number of amides is 2. The van der Waals surface area contributed by atoms with Crippen LogP contribution in [0, 0.1) is 32.3 Å². The molecule has 0 N–H and O–H groups in total. The average molecular weight is 610 g/mol. The highest BCUT2D eigenvalue weighted by molar-refractivity contribution is 6.23. The maximum Gasteiger partial charge on any atom is 0.244 e. The van der Waals surface area contributed by atoms with Crippen molar-refractivity contribution in [1.29, 1.82) is 0 Å². The van der Waals surface area contributed by atoms with Crippen LogP contribution in [0.4, 0.5) is 11.4 Å². The molecule has 218 valence electrons. The van der Waals surface area contributed by atoms with Crippen molar-refractivity contribution in [3.05, 3.63) is 89.7 Å². The lowest BCUT2D eigenvalue weighted by molar-refractivity contribution is -2.00. The molecule has 1 aromatic heterocycles. The van der Waals surface area contributed by atoms with Crippen LogP contribution in [0.5, 0.6) is 0 Å². The van der Waals surface area contributed by atoms with Crippen molar-refractivity contribution in [1.82, 2.24) is 4.48 Å². The number of hydrogen-bond acceptors (Lipinski definition) is 10. The van der Waals surface area contributed by atoms with E-state index < -0.39 is 20.5 Å². The molecule has 41 heavy (non-hydrogen) atoms. The molecule has 7 rings (SSSR count). The molecule has 0 saturated carbocycles. The van der Waals surface area contributed by atoms with Gasteiger partial charge in [0.2, 0.25) is 11.8 Å². The molecule has 2 aromatic carbocycles. The summed E-state index contributed by atoms with van der Waals surface area (Å²) in [6, 6.07) is 22.1. The van der Waals surface area contributed by atoms with Gasteiger partial charge in [0.25, 0.3) is 0 Å². The van der Waals surface area contributed by atoms with Gasteiger partial charge >= 0.3 is 0 Å². The molecule has 4 atom stereocenters. The lowest BCUT2D eigenvalue weighted by Gasteiger charge is -2.40. The third kappa shape index (κ3) is 6.56. The van der Waals surface area contributed by atoms with E-state index in [0.29, 0.717) is 10.2 Å². The zero-order chi connectivity index (χ0) is 30.5. The second kappa shape index (κ2) is 11.0. The third-order valence-corrected chi connectivity index (χ3v) is 7.17. The van der Waals surface area contributed by atoms with Crippen LogP contribution < -0.4 is 51.2 Å². The number of benzene rings is 2. The first-order valence-electron chi connectivity index (χ1n) is 12.0. The molecule has 1 fully saturated rings. The number of imide groups is 1. The molecule has 15 heteroatoms. The number of carbonyl (C=O) groups is 2. The van der Waals surface area contributed by atoms with E-state index in [2.05, 4.69) is 50.1 Å². The Balaban J connectivity index is 0.000000336. The molecule has 1 aliphatic carbocycles. The van der Waals surface area contributed by atoms with Crippen molar-refractivity contribution in [2.24, 2.45) is 11.8 Å². The molecule has 3 aliphatic heterocycles. The van der Waals surface area contributed by atoms with Gasteiger partial charge in [-0.3, -0.25) is 14.1 Å². The van der Waals surface area contributed by atoms with E-state index in [-0.39, 0.29) is 35.6 Å². The van der Waals surface area contributed by atoms with Gasteiger partial charge in [-0.15, -0.1) is 20.5 Å². The monoisotopic (exact) mass is 609 g/mol. The number of rotatable bonds is 2. The van der Waals surface area contributed by atoms with Crippen LogP contribution in [0.2, 0.25) is 0 Å². The summed E-state index contributed by atoms with van der Waals surface area (Å²) in [4.78, 5) is 28.9. The second-order valence-electron chi connectivity index (χ2n) is 10.4. The minimum absolute atomic E-state index is 0.0763. The molecule has 13 nitrogen and oxygen atoms in total. The number of carbonyl (C=O) groups excluding carboxylic acids is 2. The number of anilines is 1. The first-order valence-corrected chi connectivity index (χ1v) is 14.5. The second-order valence-corrected chi connectivity index (χ2v) is 11.9. The molecule has 3 aromatic rings. The molecule has 4 heterocycles. The average Bonchev–Trinajstić information content (AvgIpc) is 3.12. The van der Waals surface area contributed by atoms with Gasteiger partial charge in [0.15, 0.2) is 17.9 Å². The predicted octanol–water partition coefficient (Wildman–Crippen LogP) is -6.49. The van der Waals surface area contributed by atoms with Crippen LogP contribution in [0.15, 0.2) is 72.9 Å². The molecule has 1 saturated heterocycles. The quantitative estimate of drug-likeness (QED) is 0.151. The molecular weight excluding hydrogens is 585 g/mol. The van der Waals surface area contributed by atoms with Gasteiger partial charge in [0.1, 0.15) is 11.6 Å². The summed E-state index contributed by atoms with van der Waals surface area (Å²) in [7, 11) is -3.60. The van der Waals surface area contributed by atoms with E-state index in [4.69, 9.17) is 37.3 Å². The van der Waals surface area contributed by atoms with Crippen molar-refractivity contribution >= 4 is 23.2 Å². The van der Waals surface area contributed by atoms with E-state index in [0.717, 1.165) is 11.4 Å². The Labute approximate surface area is 239 Å². The van der Waals surface area contributed by atoms with E-state index in [1.807, 2.05) is 48.5 Å². The van der Waals surface area contributed by atoms with Gasteiger partial charge in [-0.05, 0) is 17.7 Å². The summed E-state index contributed by atoms with van der Waals surface area (Å²) in [5.41, 5.74) is 5.26. The van der Waals surface area contributed by atoms with E-state index in [9.17, 15) is 9.59 Å². The summed E-state index contributed by atoms with van der Waals surface area (Å²) in [6.45, 7) is 0. The molecular formula is C26H25Cl2N3O10. The molecule has 0 spiro atoms. The third-order valence-electron chi connectivity index (χ3n) is 7.17. The van der Waals surface area contributed by atoms with Gasteiger partial charge < -0.3 is 0 Å². The van der Waals surface area contributed by atoms with Crippen LogP contribution >= 0.6 is 0 Å². The summed E-state index contributed by atoms with van der Waals surface area (Å²) in [6.07, 6.45) is 2.05. The van der Waals surface area contributed by atoms with Gasteiger partial charge in [0, 0.05) is 29.8 Å². The Morgan fingerprint density at radius 2 is 1.17 bits per heavy atom. The standard InChI is InChI=1S/C26H25N3O2.2ClHO4/c1-29(2,3)17-13-11-16(12-14-17)28-25(30)22-21-18-8-4-5-9-19(18)24(23(22)26(28)31)27-15-7-6-10-20(21)27;2*2-1(3,4)5/h4-15,21-24H,1-3H3;2*(H,2,3,4,5)/q+2;;/p-2. The SMILES string of the molecule is C[N+](C)(C)c1ccc(N2C(=O)C3C4c5ccccc5C(C3C2=O)[n+]2ccccc24)cc1.[O-][Cl+3]([O-])([O-])[O-].[O-][Cl+3]([O-])([O-])[O-]. The zero-order valence-corrected chi connectivity index (χ0v) is 23.4. The van der Waals surface area contributed by atoms with Crippen molar-refractivity contribution in [3.8, 4) is 0 Å².